The second-order valence-electron chi connectivity index (χ2n) is 9.80. The minimum Gasteiger partial charge on any atom is -0.390 e. The zero-order chi connectivity index (χ0) is 18.0. The van der Waals surface area contributed by atoms with E-state index in [2.05, 4.69) is 19.9 Å². The molecule has 3 saturated carbocycles. The second-order valence-corrected chi connectivity index (χ2v) is 9.80. The topological polar surface area (TPSA) is 46.5 Å². The van der Waals surface area contributed by atoms with Gasteiger partial charge in [0.2, 0.25) is 0 Å². The van der Waals surface area contributed by atoms with E-state index in [1.807, 2.05) is 0 Å². The highest BCUT2D eigenvalue weighted by atomic mass is 16.5. The Hall–Kier alpha value is -0.670. The lowest BCUT2D eigenvalue weighted by Gasteiger charge is -2.61. The fourth-order valence-corrected chi connectivity index (χ4v) is 7.61. The first-order valence-electron chi connectivity index (χ1n) is 10.2. The van der Waals surface area contributed by atoms with Gasteiger partial charge in [0.05, 0.1) is 12.2 Å². The summed E-state index contributed by atoms with van der Waals surface area (Å²) in [5, 5.41) is 10.4. The van der Waals surface area contributed by atoms with E-state index in [0.29, 0.717) is 17.8 Å². The molecule has 0 saturated heterocycles. The SMILES string of the molecule is CO[C@H]1C[C@@]2(C)[C@@H](CC[C@@H]3[C@@H]2CC[C@]2(C)C(C(C)=O)=CC[C@@H]32)C[C@@H]1O. The van der Waals surface area contributed by atoms with Crippen molar-refractivity contribution in [1.29, 1.82) is 0 Å². The predicted octanol–water partition coefficient (Wildman–Crippen LogP) is 4.14. The number of allylic oxidation sites excluding steroid dienone is 2. The molecule has 3 nitrogen and oxygen atoms in total. The summed E-state index contributed by atoms with van der Waals surface area (Å²) in [5.41, 5.74) is 1.49. The number of hydrogen-bond donors (Lipinski definition) is 1. The van der Waals surface area contributed by atoms with Gasteiger partial charge in [-0.2, -0.15) is 0 Å². The number of ether oxygens (including phenoxy) is 1. The first-order valence-corrected chi connectivity index (χ1v) is 10.2. The smallest absolute Gasteiger partial charge is 0.156 e. The fraction of sp³-hybridized carbons (Fsp3) is 0.864. The molecule has 0 spiro atoms. The molecule has 0 unspecified atom stereocenters. The van der Waals surface area contributed by atoms with Gasteiger partial charge in [0.15, 0.2) is 5.78 Å². The van der Waals surface area contributed by atoms with Crippen molar-refractivity contribution in [3.05, 3.63) is 11.6 Å². The van der Waals surface area contributed by atoms with Gasteiger partial charge in [0, 0.05) is 7.11 Å². The highest BCUT2D eigenvalue weighted by Crippen LogP contribution is 2.66. The third-order valence-electron chi connectivity index (χ3n) is 8.92. The van der Waals surface area contributed by atoms with Crippen LogP contribution in [0.4, 0.5) is 0 Å². The first-order chi connectivity index (χ1) is 11.8. The molecule has 4 aliphatic carbocycles. The van der Waals surface area contributed by atoms with Gasteiger partial charge >= 0.3 is 0 Å². The van der Waals surface area contributed by atoms with Gasteiger partial charge in [-0.1, -0.05) is 19.9 Å². The number of carbonyl (C=O) groups excluding carboxylic acids is 1. The molecule has 0 amide bonds. The average molecular weight is 347 g/mol. The summed E-state index contributed by atoms with van der Waals surface area (Å²) in [4.78, 5) is 12.2. The monoisotopic (exact) mass is 346 g/mol. The minimum atomic E-state index is -0.300. The number of rotatable bonds is 2. The molecule has 0 aromatic rings. The Bertz CT molecular complexity index is 596. The Kier molecular flexibility index (Phi) is 4.20. The molecule has 0 bridgehead atoms. The van der Waals surface area contributed by atoms with Gasteiger partial charge < -0.3 is 9.84 Å². The highest BCUT2D eigenvalue weighted by molar-refractivity contribution is 5.95. The molecule has 0 aliphatic heterocycles. The summed E-state index contributed by atoms with van der Waals surface area (Å²) in [6.45, 7) is 6.57. The molecule has 3 fully saturated rings. The number of ketones is 1. The molecule has 4 rings (SSSR count). The third kappa shape index (κ3) is 2.41. The van der Waals surface area contributed by atoms with Crippen molar-refractivity contribution in [3.63, 3.8) is 0 Å². The maximum Gasteiger partial charge on any atom is 0.156 e. The van der Waals surface area contributed by atoms with Gasteiger partial charge in [-0.05, 0) is 91.9 Å². The van der Waals surface area contributed by atoms with Crippen molar-refractivity contribution >= 4 is 5.78 Å². The van der Waals surface area contributed by atoms with Crippen LogP contribution in [0.25, 0.3) is 0 Å². The molecule has 0 radical (unpaired) electrons. The van der Waals surface area contributed by atoms with Crippen molar-refractivity contribution in [2.75, 3.05) is 7.11 Å². The van der Waals surface area contributed by atoms with Crippen molar-refractivity contribution in [1.82, 2.24) is 0 Å². The Morgan fingerprint density at radius 1 is 1.24 bits per heavy atom. The molecule has 140 valence electrons. The zero-order valence-corrected chi connectivity index (χ0v) is 16.3. The highest BCUT2D eigenvalue weighted by Gasteiger charge is 2.60. The normalized spacial score (nSPS) is 52.0. The molecule has 0 aromatic carbocycles. The van der Waals surface area contributed by atoms with Crippen LogP contribution < -0.4 is 0 Å². The molecule has 8 atom stereocenters. The number of methoxy groups -OCH3 is 1. The van der Waals surface area contributed by atoms with E-state index in [-0.39, 0.29) is 28.8 Å². The van der Waals surface area contributed by atoms with E-state index >= 15 is 0 Å². The Balaban J connectivity index is 1.62. The lowest BCUT2D eigenvalue weighted by molar-refractivity contribution is -0.162. The van der Waals surface area contributed by atoms with E-state index in [1.54, 1.807) is 14.0 Å². The van der Waals surface area contributed by atoms with Gasteiger partial charge in [0.25, 0.3) is 0 Å². The van der Waals surface area contributed by atoms with E-state index < -0.39 is 0 Å². The molecular formula is C22H34O3. The van der Waals surface area contributed by atoms with Crippen molar-refractivity contribution < 1.29 is 14.6 Å². The zero-order valence-electron chi connectivity index (χ0n) is 16.3. The number of fused-ring (bicyclic) bond motifs is 5. The molecule has 1 N–H and O–H groups in total. The Morgan fingerprint density at radius 3 is 2.68 bits per heavy atom. The number of aliphatic hydroxyl groups is 1. The number of hydrogen-bond acceptors (Lipinski definition) is 3. The molecular weight excluding hydrogens is 312 g/mol. The van der Waals surface area contributed by atoms with Crippen molar-refractivity contribution in [2.45, 2.75) is 77.9 Å². The van der Waals surface area contributed by atoms with Crippen molar-refractivity contribution in [3.8, 4) is 0 Å². The van der Waals surface area contributed by atoms with E-state index in [0.717, 1.165) is 37.2 Å². The van der Waals surface area contributed by atoms with Crippen molar-refractivity contribution in [2.24, 2.45) is 34.5 Å². The van der Waals surface area contributed by atoms with Gasteiger partial charge in [-0.15, -0.1) is 0 Å². The average Bonchev–Trinajstić information content (AvgIpc) is 2.92. The van der Waals surface area contributed by atoms with Crippen LogP contribution in [-0.4, -0.2) is 30.2 Å². The quantitative estimate of drug-likeness (QED) is 0.817. The fourth-order valence-electron chi connectivity index (χ4n) is 7.61. The van der Waals surface area contributed by atoms with Gasteiger partial charge in [0.1, 0.15) is 0 Å². The first kappa shape index (κ1) is 17.7. The summed E-state index contributed by atoms with van der Waals surface area (Å²) in [6.07, 6.45) is 9.80. The summed E-state index contributed by atoms with van der Waals surface area (Å²) in [7, 11) is 1.75. The third-order valence-corrected chi connectivity index (χ3v) is 8.92. The van der Waals surface area contributed by atoms with E-state index in [9.17, 15) is 9.90 Å². The van der Waals surface area contributed by atoms with Crippen LogP contribution in [0.2, 0.25) is 0 Å². The minimum absolute atomic E-state index is 0.0113. The van der Waals surface area contributed by atoms with Crippen LogP contribution in [0.1, 0.15) is 65.7 Å². The lowest BCUT2D eigenvalue weighted by atomic mass is 9.44. The summed E-state index contributed by atoms with van der Waals surface area (Å²) < 4.78 is 5.65. The van der Waals surface area contributed by atoms with Crippen LogP contribution in [0.3, 0.4) is 0 Å². The Morgan fingerprint density at radius 2 is 2.00 bits per heavy atom. The van der Waals surface area contributed by atoms with Crippen LogP contribution in [-0.2, 0) is 9.53 Å². The number of Topliss-reactive ketones (excluding diaryl/α,β-unsaturated/α-hetero) is 1. The summed E-state index contributed by atoms with van der Waals surface area (Å²) in [6, 6.07) is 0. The van der Waals surface area contributed by atoms with E-state index in [1.165, 1.54) is 19.3 Å². The summed E-state index contributed by atoms with van der Waals surface area (Å²) in [5.74, 6) is 2.98. The van der Waals surface area contributed by atoms with Gasteiger partial charge in [-0.25, -0.2) is 0 Å². The Labute approximate surface area is 152 Å². The maximum absolute atomic E-state index is 12.2. The molecule has 0 heterocycles. The van der Waals surface area contributed by atoms with E-state index in [4.69, 9.17) is 4.74 Å². The van der Waals surface area contributed by atoms with Crippen LogP contribution in [0, 0.1) is 34.5 Å². The molecule has 3 heteroatoms. The largest absolute Gasteiger partial charge is 0.390 e. The molecule has 25 heavy (non-hydrogen) atoms. The maximum atomic E-state index is 12.2. The van der Waals surface area contributed by atoms with Crippen LogP contribution in [0.15, 0.2) is 11.6 Å². The lowest BCUT2D eigenvalue weighted by Crippen LogP contribution is -2.56. The predicted molar refractivity (Wildman–Crippen MR) is 98.1 cm³/mol. The number of carbonyl (C=O) groups is 1. The molecule has 0 aromatic heterocycles. The second kappa shape index (κ2) is 5.92. The number of aliphatic hydroxyl groups excluding tert-OH is 1. The van der Waals surface area contributed by atoms with Crippen LogP contribution in [0.5, 0.6) is 0 Å². The van der Waals surface area contributed by atoms with Gasteiger partial charge in [-0.3, -0.25) is 4.79 Å². The van der Waals surface area contributed by atoms with Crippen LogP contribution >= 0.6 is 0 Å². The molecule has 4 aliphatic rings. The summed E-state index contributed by atoms with van der Waals surface area (Å²) >= 11 is 0. The standard InChI is InChI=1S/C22H34O3/c1-13(23)16-7-8-17-15-6-5-14-11-19(24)20(25-4)12-22(14,3)18(15)9-10-21(16,17)2/h7,14-15,17-20,24H,5-6,8-12H2,1-4H3/t14-,15-,17-,18-,19-,20-,21+,22-/m0/s1.